The first kappa shape index (κ1) is 13.9. The molecule has 0 saturated heterocycles. The predicted octanol–water partition coefficient (Wildman–Crippen LogP) is 2.49. The molecular weight excluding hydrogens is 290 g/mol. The highest BCUT2D eigenvalue weighted by atomic mass is 35.5. The highest BCUT2D eigenvalue weighted by molar-refractivity contribution is 6.31. The number of carbonyl (C=O) groups is 1. The van der Waals surface area contributed by atoms with Gasteiger partial charge in [0.25, 0.3) is 5.91 Å². The number of nitrogens with zero attached hydrogens (tertiary/aromatic N) is 2. The van der Waals surface area contributed by atoms with Crippen LogP contribution >= 0.6 is 11.6 Å². The Kier molecular flexibility index (Phi) is 3.53. The maximum absolute atomic E-state index is 12.5. The molecule has 1 amide bonds. The quantitative estimate of drug-likeness (QED) is 0.698. The van der Waals surface area contributed by atoms with Crippen molar-refractivity contribution in [3.63, 3.8) is 0 Å². The number of nitrogens with two attached hydrogens (primary N) is 1. The van der Waals surface area contributed by atoms with E-state index in [-0.39, 0.29) is 5.91 Å². The molecule has 1 aliphatic heterocycles. The van der Waals surface area contributed by atoms with Crippen LogP contribution in [0.3, 0.4) is 0 Å². The Morgan fingerprint density at radius 2 is 2.19 bits per heavy atom. The number of halogens is 1. The molecule has 1 aromatic heterocycles. The van der Waals surface area contributed by atoms with E-state index in [0.29, 0.717) is 28.8 Å². The van der Waals surface area contributed by atoms with Crippen LogP contribution < -0.4 is 15.6 Å². The summed E-state index contributed by atoms with van der Waals surface area (Å²) in [6.07, 6.45) is 1.63. The van der Waals surface area contributed by atoms with Gasteiger partial charge in [-0.3, -0.25) is 4.79 Å². The van der Waals surface area contributed by atoms with Crippen molar-refractivity contribution in [2.75, 3.05) is 11.6 Å². The fourth-order valence-electron chi connectivity index (χ4n) is 2.55. The third kappa shape index (κ3) is 2.24. The van der Waals surface area contributed by atoms with Crippen molar-refractivity contribution in [1.82, 2.24) is 4.98 Å². The summed E-state index contributed by atoms with van der Waals surface area (Å²) in [7, 11) is 0. The molecule has 2 N–H and O–H groups in total. The van der Waals surface area contributed by atoms with Crippen molar-refractivity contribution >= 4 is 23.2 Å². The lowest BCUT2D eigenvalue weighted by molar-refractivity contribution is -0.118. The van der Waals surface area contributed by atoms with E-state index >= 15 is 0 Å². The molecule has 1 unspecified atom stereocenters. The molecule has 1 aromatic carbocycles. The first-order chi connectivity index (χ1) is 10.1. The van der Waals surface area contributed by atoms with Crippen LogP contribution in [-0.4, -0.2) is 17.5 Å². The summed E-state index contributed by atoms with van der Waals surface area (Å²) in [6.45, 7) is 2.34. The molecule has 6 heteroatoms. The average Bonchev–Trinajstić information content (AvgIpc) is 2.72. The number of hydrazine groups is 1. The maximum Gasteiger partial charge on any atom is 0.253 e. The van der Waals surface area contributed by atoms with E-state index in [1.165, 1.54) is 0 Å². The highest BCUT2D eigenvalue weighted by Crippen LogP contribution is 2.42. The van der Waals surface area contributed by atoms with Crippen LogP contribution in [0.1, 0.15) is 24.0 Å². The Balaban J connectivity index is 2.16. The molecule has 0 aliphatic carbocycles. The fraction of sp³-hybridized carbons (Fsp3) is 0.200. The molecule has 0 saturated carbocycles. The Bertz CT molecular complexity index is 705. The number of carbonyl (C=O) groups excluding carboxylic acids is 1. The minimum atomic E-state index is -0.543. The van der Waals surface area contributed by atoms with E-state index in [1.807, 2.05) is 13.0 Å². The lowest BCUT2D eigenvalue weighted by Crippen LogP contribution is -2.35. The maximum atomic E-state index is 12.5. The molecule has 21 heavy (non-hydrogen) atoms. The van der Waals surface area contributed by atoms with Gasteiger partial charge in [0, 0.05) is 16.8 Å². The van der Waals surface area contributed by atoms with E-state index < -0.39 is 5.92 Å². The molecule has 1 aliphatic rings. The van der Waals surface area contributed by atoms with Gasteiger partial charge in [-0.1, -0.05) is 17.7 Å². The van der Waals surface area contributed by atoms with E-state index in [9.17, 15) is 4.79 Å². The summed E-state index contributed by atoms with van der Waals surface area (Å²) in [5.41, 5.74) is 2.12. The van der Waals surface area contributed by atoms with Gasteiger partial charge in [-0.2, -0.15) is 0 Å². The largest absolute Gasteiger partial charge is 0.478 e. The van der Waals surface area contributed by atoms with E-state index in [1.54, 1.807) is 30.5 Å². The molecule has 0 spiro atoms. The molecule has 1 atom stereocenters. The summed E-state index contributed by atoms with van der Waals surface area (Å²) in [5, 5.41) is 1.71. The highest BCUT2D eigenvalue weighted by Gasteiger charge is 2.39. The van der Waals surface area contributed by atoms with Crippen LogP contribution in [0.2, 0.25) is 5.02 Å². The van der Waals surface area contributed by atoms with Crippen molar-refractivity contribution in [2.45, 2.75) is 12.8 Å². The first-order valence-electron chi connectivity index (χ1n) is 6.59. The zero-order chi connectivity index (χ0) is 15.0. The molecule has 2 aromatic rings. The number of anilines is 1. The smallest absolute Gasteiger partial charge is 0.253 e. The van der Waals surface area contributed by atoms with Gasteiger partial charge in [-0.25, -0.2) is 15.8 Å². The van der Waals surface area contributed by atoms with Gasteiger partial charge >= 0.3 is 0 Å². The number of benzene rings is 1. The number of rotatable bonds is 3. The minimum Gasteiger partial charge on any atom is -0.478 e. The molecule has 0 fully saturated rings. The Morgan fingerprint density at radius 1 is 1.38 bits per heavy atom. The second-order valence-electron chi connectivity index (χ2n) is 4.68. The molecular formula is C15H14ClN3O2. The normalized spacial score (nSPS) is 17.0. The molecule has 5 nitrogen and oxygen atoms in total. The van der Waals surface area contributed by atoms with E-state index in [0.717, 1.165) is 10.6 Å². The monoisotopic (exact) mass is 303 g/mol. The molecule has 3 rings (SSSR count). The summed E-state index contributed by atoms with van der Waals surface area (Å²) >= 11 is 6.06. The molecule has 108 valence electrons. The fourth-order valence-corrected chi connectivity index (χ4v) is 2.73. The van der Waals surface area contributed by atoms with Crippen LogP contribution in [0.25, 0.3) is 0 Å². The van der Waals surface area contributed by atoms with Crippen LogP contribution in [0.5, 0.6) is 5.88 Å². The number of ether oxygens (including phenoxy) is 1. The third-order valence-corrected chi connectivity index (χ3v) is 3.67. The Morgan fingerprint density at radius 3 is 2.95 bits per heavy atom. The first-order valence-corrected chi connectivity index (χ1v) is 6.97. The van der Waals surface area contributed by atoms with Crippen molar-refractivity contribution in [1.29, 1.82) is 0 Å². The summed E-state index contributed by atoms with van der Waals surface area (Å²) in [6, 6.07) is 8.81. The number of aromatic nitrogens is 1. The lowest BCUT2D eigenvalue weighted by atomic mass is 9.93. The van der Waals surface area contributed by atoms with Crippen molar-refractivity contribution in [2.24, 2.45) is 5.84 Å². The average molecular weight is 304 g/mol. The van der Waals surface area contributed by atoms with Gasteiger partial charge in [0.1, 0.15) is 0 Å². The molecule has 2 heterocycles. The predicted molar refractivity (Wildman–Crippen MR) is 80.4 cm³/mol. The van der Waals surface area contributed by atoms with Gasteiger partial charge < -0.3 is 4.74 Å². The molecule has 0 bridgehead atoms. The standard InChI is InChI=1S/C15H14ClN3O2/c1-2-21-14-10(4-3-7-18-14)13-11-8-9(16)5-6-12(11)19(17)15(13)20/h3-8,13H,2,17H2,1H3. The van der Waals surface area contributed by atoms with Gasteiger partial charge in [-0.05, 0) is 36.8 Å². The van der Waals surface area contributed by atoms with Crippen molar-refractivity contribution in [3.8, 4) is 5.88 Å². The van der Waals surface area contributed by atoms with Crippen molar-refractivity contribution in [3.05, 3.63) is 52.7 Å². The zero-order valence-corrected chi connectivity index (χ0v) is 12.2. The van der Waals surface area contributed by atoms with Gasteiger partial charge in [0.15, 0.2) is 0 Å². The van der Waals surface area contributed by atoms with Crippen LogP contribution in [0, 0.1) is 0 Å². The second-order valence-corrected chi connectivity index (χ2v) is 5.11. The number of pyridine rings is 1. The van der Waals surface area contributed by atoms with Gasteiger partial charge in [0.05, 0.1) is 18.2 Å². The minimum absolute atomic E-state index is 0.221. The number of hydrogen-bond donors (Lipinski definition) is 1. The number of fused-ring (bicyclic) bond motifs is 1. The SMILES string of the molecule is CCOc1ncccc1C1C(=O)N(N)c2ccc(Cl)cc21. The van der Waals surface area contributed by atoms with Crippen LogP contribution in [0.4, 0.5) is 5.69 Å². The summed E-state index contributed by atoms with van der Waals surface area (Å²) in [5.74, 6) is 5.55. The molecule has 0 radical (unpaired) electrons. The second kappa shape index (κ2) is 5.35. The van der Waals surface area contributed by atoms with Gasteiger partial charge in [0.2, 0.25) is 5.88 Å². The Labute approximate surface area is 127 Å². The van der Waals surface area contributed by atoms with Crippen LogP contribution in [-0.2, 0) is 4.79 Å². The number of amides is 1. The van der Waals surface area contributed by atoms with Crippen LogP contribution in [0.15, 0.2) is 36.5 Å². The topological polar surface area (TPSA) is 68.5 Å². The Hall–Kier alpha value is -2.11. The van der Waals surface area contributed by atoms with Crippen molar-refractivity contribution < 1.29 is 9.53 Å². The van der Waals surface area contributed by atoms with E-state index in [2.05, 4.69) is 4.98 Å². The van der Waals surface area contributed by atoms with Gasteiger partial charge in [-0.15, -0.1) is 0 Å². The zero-order valence-electron chi connectivity index (χ0n) is 11.4. The van der Waals surface area contributed by atoms with E-state index in [4.69, 9.17) is 22.2 Å². The summed E-state index contributed by atoms with van der Waals surface area (Å²) < 4.78 is 5.52. The number of hydrogen-bond acceptors (Lipinski definition) is 4. The third-order valence-electron chi connectivity index (χ3n) is 3.44. The lowest BCUT2D eigenvalue weighted by Gasteiger charge is -2.14. The summed E-state index contributed by atoms with van der Waals surface area (Å²) in [4.78, 5) is 16.7.